The highest BCUT2D eigenvalue weighted by Gasteiger charge is 2.30. The molecule has 34 heavy (non-hydrogen) atoms. The van der Waals surface area contributed by atoms with Gasteiger partial charge in [-0.25, -0.2) is 0 Å². The Kier molecular flexibility index (Phi) is 5.24. The minimum Gasteiger partial charge on any atom is -0.493 e. The Hall–Kier alpha value is -3.41. The molecule has 1 amide bonds. The maximum absolute atomic E-state index is 13.8. The van der Waals surface area contributed by atoms with Crippen molar-refractivity contribution in [3.05, 3.63) is 59.9 Å². The van der Waals surface area contributed by atoms with E-state index in [1.54, 1.807) is 14.2 Å². The number of ether oxygens (including phenoxy) is 2. The van der Waals surface area contributed by atoms with E-state index in [-0.39, 0.29) is 5.91 Å². The summed E-state index contributed by atoms with van der Waals surface area (Å²) in [5, 5.41) is 1.22. The van der Waals surface area contributed by atoms with Crippen LogP contribution in [-0.2, 0) is 11.3 Å². The summed E-state index contributed by atoms with van der Waals surface area (Å²) in [5.41, 5.74) is 5.12. The monoisotopic (exact) mass is 457 g/mol. The lowest BCUT2D eigenvalue weighted by atomic mass is 9.93. The van der Waals surface area contributed by atoms with Crippen LogP contribution in [0.4, 0.5) is 5.69 Å². The molecule has 2 aliphatic heterocycles. The van der Waals surface area contributed by atoms with Crippen LogP contribution in [0.1, 0.15) is 49.3 Å². The predicted octanol–water partition coefficient (Wildman–Crippen LogP) is 5.37. The fourth-order valence-electron chi connectivity index (χ4n) is 5.44. The fraction of sp³-hybridized carbons (Fsp3) is 0.393. The van der Waals surface area contributed by atoms with E-state index >= 15 is 0 Å². The summed E-state index contributed by atoms with van der Waals surface area (Å²) >= 11 is 0. The van der Waals surface area contributed by atoms with Crippen molar-refractivity contribution >= 4 is 28.1 Å². The van der Waals surface area contributed by atoms with Crippen molar-refractivity contribution in [2.75, 3.05) is 32.2 Å². The average Bonchev–Trinajstić information content (AvgIpc) is 3.65. The van der Waals surface area contributed by atoms with Crippen molar-refractivity contribution in [3.63, 3.8) is 0 Å². The number of rotatable bonds is 5. The quantitative estimate of drug-likeness (QED) is 0.517. The Morgan fingerprint density at radius 3 is 2.47 bits per heavy atom. The number of anilines is 1. The van der Waals surface area contributed by atoms with E-state index in [4.69, 9.17) is 9.47 Å². The van der Waals surface area contributed by atoms with Crippen LogP contribution in [-0.4, -0.2) is 42.7 Å². The Morgan fingerprint density at radius 2 is 1.74 bits per heavy atom. The predicted molar refractivity (Wildman–Crippen MR) is 134 cm³/mol. The van der Waals surface area contributed by atoms with Crippen molar-refractivity contribution in [1.82, 2.24) is 9.47 Å². The van der Waals surface area contributed by atoms with Gasteiger partial charge in [-0.15, -0.1) is 0 Å². The van der Waals surface area contributed by atoms with Gasteiger partial charge in [0.05, 0.1) is 31.0 Å². The molecule has 1 saturated carbocycles. The molecule has 6 nitrogen and oxygen atoms in total. The standard InChI is InChI=1S/C28H31N3O3/c1-33-26-15-19-17-30(24-7-6-8-25-21(24)11-14-31(25)20-9-10-20)18-23(22(19)16-27(26)34-2)28(32)29-12-4-3-5-13-29/h6-8,11,14-16,18,20H,3-5,9-10,12-13,17H2,1-2H3. The van der Waals surface area contributed by atoms with Gasteiger partial charge in [0.15, 0.2) is 11.5 Å². The first-order valence-corrected chi connectivity index (χ1v) is 12.3. The van der Waals surface area contributed by atoms with Gasteiger partial charge < -0.3 is 23.8 Å². The third kappa shape index (κ3) is 3.52. The Balaban J connectivity index is 1.47. The number of piperidine rings is 1. The van der Waals surface area contributed by atoms with E-state index in [2.05, 4.69) is 46.1 Å². The molecule has 1 aromatic heterocycles. The van der Waals surface area contributed by atoms with E-state index in [9.17, 15) is 4.79 Å². The molecule has 0 radical (unpaired) electrons. The number of hydrogen-bond donors (Lipinski definition) is 0. The van der Waals surface area contributed by atoms with Crippen LogP contribution < -0.4 is 14.4 Å². The molecular formula is C28H31N3O3. The van der Waals surface area contributed by atoms with Crippen molar-refractivity contribution in [2.24, 2.45) is 0 Å². The van der Waals surface area contributed by atoms with Crippen LogP contribution in [0.3, 0.4) is 0 Å². The highest BCUT2D eigenvalue weighted by atomic mass is 16.5. The molecule has 1 aliphatic carbocycles. The normalized spacial score (nSPS) is 18.0. The van der Waals surface area contributed by atoms with Gasteiger partial charge in [0.25, 0.3) is 5.91 Å². The number of benzene rings is 2. The number of nitrogens with zero attached hydrogens (tertiary/aromatic N) is 3. The van der Waals surface area contributed by atoms with Gasteiger partial charge in [-0.1, -0.05) is 6.07 Å². The second kappa shape index (κ2) is 8.42. The summed E-state index contributed by atoms with van der Waals surface area (Å²) in [4.78, 5) is 18.0. The lowest BCUT2D eigenvalue weighted by Gasteiger charge is -2.33. The molecule has 0 N–H and O–H groups in total. The van der Waals surface area contributed by atoms with Crippen molar-refractivity contribution in [3.8, 4) is 11.5 Å². The van der Waals surface area contributed by atoms with E-state index in [0.717, 1.165) is 48.3 Å². The highest BCUT2D eigenvalue weighted by molar-refractivity contribution is 6.21. The second-order valence-corrected chi connectivity index (χ2v) is 9.55. The van der Waals surface area contributed by atoms with E-state index < -0.39 is 0 Å². The average molecular weight is 458 g/mol. The molecule has 2 aromatic carbocycles. The van der Waals surface area contributed by atoms with Gasteiger partial charge >= 0.3 is 0 Å². The zero-order valence-electron chi connectivity index (χ0n) is 19.9. The number of hydrogen-bond acceptors (Lipinski definition) is 4. The summed E-state index contributed by atoms with van der Waals surface area (Å²) in [6, 6.07) is 13.3. The first-order valence-electron chi connectivity index (χ1n) is 12.3. The number of amides is 1. The Labute approximate surface area is 200 Å². The molecule has 0 unspecified atom stereocenters. The fourth-order valence-corrected chi connectivity index (χ4v) is 5.44. The SMILES string of the molecule is COc1cc2c(cc1OC)C(C(=O)N1CCCCC1)=CN(c1cccc3c1ccn3C1CC1)C2. The number of fused-ring (bicyclic) bond motifs is 2. The molecule has 176 valence electrons. The van der Waals surface area contributed by atoms with Crippen molar-refractivity contribution in [1.29, 1.82) is 0 Å². The molecule has 1 saturated heterocycles. The maximum atomic E-state index is 13.8. The van der Waals surface area contributed by atoms with Gasteiger partial charge in [-0.2, -0.15) is 0 Å². The van der Waals surface area contributed by atoms with E-state index in [1.165, 1.54) is 30.2 Å². The lowest BCUT2D eigenvalue weighted by molar-refractivity contribution is -0.125. The van der Waals surface area contributed by atoms with E-state index in [0.29, 0.717) is 24.1 Å². The zero-order chi connectivity index (χ0) is 23.2. The number of methoxy groups -OCH3 is 2. The van der Waals surface area contributed by atoms with Gasteiger partial charge in [-0.05, 0) is 73.6 Å². The Bertz CT molecular complexity index is 1280. The molecule has 6 heteroatoms. The highest BCUT2D eigenvalue weighted by Crippen LogP contribution is 2.42. The zero-order valence-corrected chi connectivity index (χ0v) is 19.9. The summed E-state index contributed by atoms with van der Waals surface area (Å²) in [5.74, 6) is 1.43. The molecular weight excluding hydrogens is 426 g/mol. The summed E-state index contributed by atoms with van der Waals surface area (Å²) in [6.07, 6.45) is 10.1. The summed E-state index contributed by atoms with van der Waals surface area (Å²) in [7, 11) is 3.29. The number of aromatic nitrogens is 1. The van der Waals surface area contributed by atoms with Crippen molar-refractivity contribution < 1.29 is 14.3 Å². The lowest BCUT2D eigenvalue weighted by Crippen LogP contribution is -2.37. The van der Waals surface area contributed by atoms with Crippen LogP contribution in [0.25, 0.3) is 16.5 Å². The van der Waals surface area contributed by atoms with Crippen LogP contribution >= 0.6 is 0 Å². The second-order valence-electron chi connectivity index (χ2n) is 9.55. The first-order chi connectivity index (χ1) is 16.7. The summed E-state index contributed by atoms with van der Waals surface area (Å²) < 4.78 is 13.6. The number of likely N-dealkylation sites (tertiary alicyclic amines) is 1. The maximum Gasteiger partial charge on any atom is 0.255 e. The van der Waals surface area contributed by atoms with Crippen LogP contribution in [0.5, 0.6) is 11.5 Å². The van der Waals surface area contributed by atoms with Gasteiger partial charge in [0.1, 0.15) is 0 Å². The topological polar surface area (TPSA) is 46.9 Å². The summed E-state index contributed by atoms with van der Waals surface area (Å²) in [6.45, 7) is 2.30. The van der Waals surface area contributed by atoms with Crippen LogP contribution in [0, 0.1) is 0 Å². The smallest absolute Gasteiger partial charge is 0.255 e. The van der Waals surface area contributed by atoms with Gasteiger partial charge in [-0.3, -0.25) is 4.79 Å². The van der Waals surface area contributed by atoms with Gasteiger partial charge in [0, 0.05) is 43.5 Å². The molecule has 3 aromatic rings. The minimum atomic E-state index is 0.0978. The first kappa shape index (κ1) is 21.1. The van der Waals surface area contributed by atoms with Crippen molar-refractivity contribution in [2.45, 2.75) is 44.7 Å². The largest absolute Gasteiger partial charge is 0.493 e. The molecule has 0 bridgehead atoms. The number of carbonyl (C=O) groups is 1. The van der Waals surface area contributed by atoms with Crippen LogP contribution in [0.2, 0.25) is 0 Å². The molecule has 2 fully saturated rings. The minimum absolute atomic E-state index is 0.0978. The molecule has 3 aliphatic rings. The third-order valence-corrected chi connectivity index (χ3v) is 7.39. The molecule has 6 rings (SSSR count). The molecule has 3 heterocycles. The number of carbonyl (C=O) groups excluding carboxylic acids is 1. The van der Waals surface area contributed by atoms with E-state index in [1.807, 2.05) is 17.0 Å². The van der Waals surface area contributed by atoms with Crippen LogP contribution in [0.15, 0.2) is 48.8 Å². The third-order valence-electron chi connectivity index (χ3n) is 7.39. The van der Waals surface area contributed by atoms with Gasteiger partial charge in [0.2, 0.25) is 0 Å². The molecule has 0 atom stereocenters. The Morgan fingerprint density at radius 1 is 0.971 bits per heavy atom. The molecule has 0 spiro atoms.